The number of allylic oxidation sites excluding steroid dienone is 6. The largest absolute Gasteiger partial charge is 3.00 e. The van der Waals surface area contributed by atoms with Crippen molar-refractivity contribution >= 4 is 11.0 Å². The van der Waals surface area contributed by atoms with E-state index >= 15 is 0 Å². The van der Waals surface area contributed by atoms with Crippen molar-refractivity contribution < 1.29 is 21.7 Å². The molecule has 0 aliphatic heterocycles. The third-order valence-corrected chi connectivity index (χ3v) is 4.79. The number of rotatable bonds is 1. The zero-order valence-corrected chi connectivity index (χ0v) is 16.5. The van der Waals surface area contributed by atoms with Gasteiger partial charge >= 0.3 is 21.7 Å². The molecule has 0 nitrogen and oxygen atoms in total. The van der Waals surface area contributed by atoms with Crippen molar-refractivity contribution in [2.24, 2.45) is 23.7 Å². The van der Waals surface area contributed by atoms with Crippen LogP contribution in [0.2, 0.25) is 0 Å². The summed E-state index contributed by atoms with van der Waals surface area (Å²) in [5.74, 6) is 3.56. The summed E-state index contributed by atoms with van der Waals surface area (Å²) in [6.07, 6.45) is 17.8. The molecule has 3 rings (SSSR count). The zero-order valence-electron chi connectivity index (χ0n) is 14.9. The van der Waals surface area contributed by atoms with Crippen LogP contribution in [0.3, 0.4) is 0 Å². The maximum absolute atomic E-state index is 3.66. The summed E-state index contributed by atoms with van der Waals surface area (Å²) in [6, 6.07) is 0. The van der Waals surface area contributed by atoms with Crippen LogP contribution < -0.4 is 0 Å². The van der Waals surface area contributed by atoms with Gasteiger partial charge in [-0.3, -0.25) is 0 Å². The molecule has 0 saturated heterocycles. The molecule has 0 bridgehead atoms. The number of hydrogen-bond donors (Lipinski definition) is 0. The van der Waals surface area contributed by atoms with E-state index in [1.54, 1.807) is 0 Å². The van der Waals surface area contributed by atoms with Gasteiger partial charge in [-0.15, -0.1) is 12.0 Å². The summed E-state index contributed by atoms with van der Waals surface area (Å²) in [7, 11) is 0. The van der Waals surface area contributed by atoms with Gasteiger partial charge in [-0.25, -0.2) is 0 Å². The number of fused-ring (bicyclic) bond motifs is 3. The minimum atomic E-state index is 0. The van der Waals surface area contributed by atoms with Gasteiger partial charge in [0, 0.05) is 0 Å². The van der Waals surface area contributed by atoms with E-state index in [9.17, 15) is 0 Å². The van der Waals surface area contributed by atoms with Gasteiger partial charge in [0.1, 0.15) is 0 Å². The Kier molecular flexibility index (Phi) is 15.9. The Labute approximate surface area is 165 Å². The molecule has 3 aliphatic carbocycles. The number of hydrogen-bond acceptors (Lipinski definition) is 0. The van der Waals surface area contributed by atoms with Crippen LogP contribution in [0.1, 0.15) is 39.5 Å². The molecule has 129 valence electrons. The normalized spacial score (nSPS) is 28.8. The first kappa shape index (κ1) is 27.7. The first-order valence-electron chi connectivity index (χ1n) is 7.61. The molecule has 0 spiro atoms. The molecule has 0 heterocycles. The zero-order chi connectivity index (χ0) is 13.8. The summed E-state index contributed by atoms with van der Waals surface area (Å²) < 4.78 is 0. The Hall–Kier alpha value is -0.109. The van der Waals surface area contributed by atoms with Gasteiger partial charge in [-0.05, 0) is 30.7 Å². The van der Waals surface area contributed by atoms with Crippen LogP contribution in [-0.2, 0) is 21.7 Å². The van der Waals surface area contributed by atoms with Gasteiger partial charge in [0.15, 0.2) is 0 Å². The van der Waals surface area contributed by atoms with Crippen LogP contribution in [0.4, 0.5) is 0 Å². The second-order valence-corrected chi connectivity index (χ2v) is 6.29. The maximum Gasteiger partial charge on any atom is 3.00 e. The van der Waals surface area contributed by atoms with E-state index in [-0.39, 0.29) is 47.5 Å². The fourth-order valence-corrected chi connectivity index (χ4v) is 3.45. The molecule has 1 radical (unpaired) electrons. The van der Waals surface area contributed by atoms with E-state index in [2.05, 4.69) is 43.9 Å². The van der Waals surface area contributed by atoms with Crippen LogP contribution in [0.15, 0.2) is 48.6 Å². The second kappa shape index (κ2) is 13.2. The van der Waals surface area contributed by atoms with Gasteiger partial charge in [0.05, 0.1) is 0 Å². The van der Waals surface area contributed by atoms with Gasteiger partial charge in [0.2, 0.25) is 0 Å². The Balaban J connectivity index is -0.000000359. The van der Waals surface area contributed by atoms with Crippen molar-refractivity contribution in [3.05, 3.63) is 69.9 Å². The van der Waals surface area contributed by atoms with Gasteiger partial charge < -0.3 is 21.3 Å². The molecule has 0 aromatic carbocycles. The molecule has 23 heavy (non-hydrogen) atoms. The third kappa shape index (κ3) is 7.54. The predicted molar refractivity (Wildman–Crippen MR) is 109 cm³/mol. The van der Waals surface area contributed by atoms with Crippen LogP contribution in [-0.4, -0.2) is 11.0 Å². The predicted octanol–water partition coefficient (Wildman–Crippen LogP) is 4.95. The van der Waals surface area contributed by atoms with Gasteiger partial charge in [0.25, 0.3) is 0 Å². The third-order valence-electron chi connectivity index (χ3n) is 4.79. The van der Waals surface area contributed by atoms with E-state index in [4.69, 9.17) is 0 Å². The minimum Gasteiger partial charge on any atom is -0.358 e. The molecule has 0 amide bonds. The van der Waals surface area contributed by atoms with Gasteiger partial charge in [-0.2, -0.15) is 5.92 Å². The Bertz CT molecular complexity index is 396. The van der Waals surface area contributed by atoms with Crippen LogP contribution in [0.5, 0.6) is 0 Å². The smallest absolute Gasteiger partial charge is 0.358 e. The molecule has 4 unspecified atom stereocenters. The monoisotopic (exact) mass is 365 g/mol. The molecular formula is C21H37SiTi. The van der Waals surface area contributed by atoms with E-state index in [0.717, 1.165) is 34.8 Å². The topological polar surface area (TPSA) is 0 Å². The van der Waals surface area contributed by atoms with Crippen molar-refractivity contribution in [2.75, 3.05) is 0 Å². The molecule has 0 N–H and O–H groups in total. The molecule has 0 aromatic rings. The van der Waals surface area contributed by atoms with Crippen LogP contribution in [0, 0.1) is 44.9 Å². The quantitative estimate of drug-likeness (QED) is 0.350. The van der Waals surface area contributed by atoms with E-state index in [0.29, 0.717) is 0 Å². The average molecular weight is 365 g/mol. The second-order valence-electron chi connectivity index (χ2n) is 6.29. The van der Waals surface area contributed by atoms with Crippen molar-refractivity contribution in [1.29, 1.82) is 0 Å². The SMILES string of the molecule is C1=CC2[CH-]C3CCCCC3C2C=C1.C=C(C)C(=C)C.[CH3-].[CH3-].[SiH4].[Ti+3]. The Morgan fingerprint density at radius 1 is 0.957 bits per heavy atom. The van der Waals surface area contributed by atoms with Crippen molar-refractivity contribution in [3.8, 4) is 0 Å². The standard InChI is InChI=1S/C13H17.C6H10.2CH3.H4Si.Ti/c1-3-7-12-10(5-1)9-11-6-2-4-8-13(11)12;1-5(2)6(3)4;;;;/h1,3,5,7,9-13H,2,4,6,8H2;1,3H2,2,4H3;2*1H3;1H4;/q-1;;2*-1;;+3. The van der Waals surface area contributed by atoms with E-state index in [1.165, 1.54) is 25.7 Å². The van der Waals surface area contributed by atoms with E-state index < -0.39 is 0 Å². The summed E-state index contributed by atoms with van der Waals surface area (Å²) in [4.78, 5) is 0. The first-order chi connectivity index (χ1) is 9.09. The van der Waals surface area contributed by atoms with Crippen molar-refractivity contribution in [1.82, 2.24) is 0 Å². The molecule has 2 fully saturated rings. The summed E-state index contributed by atoms with van der Waals surface area (Å²) in [6.45, 7) is 11.2. The summed E-state index contributed by atoms with van der Waals surface area (Å²) in [5.41, 5.74) is 2.13. The molecule has 4 atom stereocenters. The minimum absolute atomic E-state index is 0. The average Bonchev–Trinajstić information content (AvgIpc) is 2.78. The van der Waals surface area contributed by atoms with Crippen molar-refractivity contribution in [2.45, 2.75) is 39.5 Å². The maximum atomic E-state index is 3.66. The van der Waals surface area contributed by atoms with Crippen LogP contribution in [0.25, 0.3) is 0 Å². The Morgan fingerprint density at radius 2 is 1.48 bits per heavy atom. The molecule has 3 aliphatic rings. The summed E-state index contributed by atoms with van der Waals surface area (Å²) >= 11 is 0. The first-order valence-corrected chi connectivity index (χ1v) is 7.61. The fourth-order valence-electron chi connectivity index (χ4n) is 3.45. The molecule has 2 saturated carbocycles. The van der Waals surface area contributed by atoms with Gasteiger partial charge in [-0.1, -0.05) is 74.1 Å². The Morgan fingerprint density at radius 3 is 2.04 bits per heavy atom. The molecular weight excluding hydrogens is 328 g/mol. The van der Waals surface area contributed by atoms with E-state index in [1.807, 2.05) is 13.8 Å². The molecule has 2 heteroatoms. The summed E-state index contributed by atoms with van der Waals surface area (Å²) in [5, 5.41) is 0. The van der Waals surface area contributed by atoms with Crippen molar-refractivity contribution in [3.63, 3.8) is 0 Å². The molecule has 0 aromatic heterocycles. The fraction of sp³-hybridized carbons (Fsp3) is 0.476. The van der Waals surface area contributed by atoms with Crippen LogP contribution >= 0.6 is 0 Å².